The molecule has 0 spiro atoms. The van der Waals surface area contributed by atoms with Gasteiger partial charge in [0.1, 0.15) is 12.2 Å². The summed E-state index contributed by atoms with van der Waals surface area (Å²) < 4.78 is 17.6. The molecule has 2 aromatic rings. The first-order valence-electron chi connectivity index (χ1n) is 17.2. The summed E-state index contributed by atoms with van der Waals surface area (Å²) in [6, 6.07) is 18.7. The minimum absolute atomic E-state index is 0.0561. The summed E-state index contributed by atoms with van der Waals surface area (Å²) in [6.45, 7) is 7.16. The molecule has 45 heavy (non-hydrogen) atoms. The summed E-state index contributed by atoms with van der Waals surface area (Å²) in [5.41, 5.74) is 1.18. The summed E-state index contributed by atoms with van der Waals surface area (Å²) in [4.78, 5) is 38.6. The van der Waals surface area contributed by atoms with E-state index >= 15 is 0 Å². The van der Waals surface area contributed by atoms with Crippen molar-refractivity contribution in [3.8, 4) is 0 Å². The molecule has 10 atom stereocenters. The minimum Gasteiger partial charge on any atom is -0.469 e. The lowest BCUT2D eigenvalue weighted by atomic mass is 9.43. The number of hydrogen-bond acceptors (Lipinski definition) is 6. The zero-order valence-electron chi connectivity index (χ0n) is 27.4. The third kappa shape index (κ3) is 5.94. The number of carbonyl (C=O) groups excluding carboxylic acids is 3. The molecule has 0 aromatic heterocycles. The van der Waals surface area contributed by atoms with Gasteiger partial charge in [-0.25, -0.2) is 9.59 Å². The molecule has 0 radical (unpaired) electrons. The van der Waals surface area contributed by atoms with Crippen LogP contribution in [0, 0.1) is 46.3 Å². The third-order valence-electron chi connectivity index (χ3n) is 13.0. The topological polar surface area (TPSA) is 78.9 Å². The number of fused-ring (bicyclic) bond motifs is 5. The molecule has 242 valence electrons. The van der Waals surface area contributed by atoms with Gasteiger partial charge in [0.25, 0.3) is 0 Å². The van der Waals surface area contributed by atoms with E-state index in [4.69, 9.17) is 14.2 Å². The Hall–Kier alpha value is -3.15. The number of esters is 3. The van der Waals surface area contributed by atoms with Gasteiger partial charge in [-0.05, 0) is 123 Å². The number of rotatable bonds is 8. The molecular formula is C39H50O6. The smallest absolute Gasteiger partial charge is 0.338 e. The zero-order valence-corrected chi connectivity index (χ0v) is 27.4. The maximum absolute atomic E-state index is 13.6. The maximum atomic E-state index is 13.6. The average Bonchev–Trinajstić information content (AvgIpc) is 3.43. The molecule has 0 aliphatic heterocycles. The quantitative estimate of drug-likeness (QED) is 0.220. The number of hydrogen-bond donors (Lipinski definition) is 0. The van der Waals surface area contributed by atoms with E-state index in [9.17, 15) is 14.4 Å². The van der Waals surface area contributed by atoms with E-state index in [0.29, 0.717) is 53.1 Å². The van der Waals surface area contributed by atoms with Gasteiger partial charge in [-0.2, -0.15) is 0 Å². The van der Waals surface area contributed by atoms with Gasteiger partial charge in [0.05, 0.1) is 18.2 Å². The number of methoxy groups -OCH3 is 1. The van der Waals surface area contributed by atoms with Crippen LogP contribution in [-0.2, 0) is 19.0 Å². The summed E-state index contributed by atoms with van der Waals surface area (Å²) >= 11 is 0. The van der Waals surface area contributed by atoms with Crippen molar-refractivity contribution in [2.24, 2.45) is 46.3 Å². The molecule has 6 nitrogen and oxygen atoms in total. The highest BCUT2D eigenvalue weighted by atomic mass is 16.5. The second kappa shape index (κ2) is 12.9. The highest BCUT2D eigenvalue weighted by molar-refractivity contribution is 5.90. The first-order chi connectivity index (χ1) is 21.6. The minimum atomic E-state index is -0.235. The summed E-state index contributed by atoms with van der Waals surface area (Å²) in [7, 11) is 1.46. The van der Waals surface area contributed by atoms with Crippen molar-refractivity contribution in [3.63, 3.8) is 0 Å². The molecule has 4 fully saturated rings. The largest absolute Gasteiger partial charge is 0.469 e. The van der Waals surface area contributed by atoms with Gasteiger partial charge in [-0.15, -0.1) is 0 Å². The van der Waals surface area contributed by atoms with Crippen LogP contribution >= 0.6 is 0 Å². The Morgan fingerprint density at radius 1 is 0.800 bits per heavy atom. The van der Waals surface area contributed by atoms with Crippen LogP contribution < -0.4 is 0 Å². The van der Waals surface area contributed by atoms with E-state index in [1.165, 1.54) is 13.5 Å². The highest BCUT2D eigenvalue weighted by Gasteiger charge is 2.65. The van der Waals surface area contributed by atoms with Crippen LogP contribution in [0.15, 0.2) is 60.7 Å². The summed E-state index contributed by atoms with van der Waals surface area (Å²) in [5, 5.41) is 0. The van der Waals surface area contributed by atoms with Crippen molar-refractivity contribution in [3.05, 3.63) is 71.8 Å². The summed E-state index contributed by atoms with van der Waals surface area (Å²) in [5.74, 6) is 2.08. The molecule has 0 unspecified atom stereocenters. The Labute approximate surface area is 268 Å². The van der Waals surface area contributed by atoms with Crippen LogP contribution in [0.3, 0.4) is 0 Å². The molecule has 6 heteroatoms. The van der Waals surface area contributed by atoms with Gasteiger partial charge in [0.2, 0.25) is 0 Å². The molecule has 0 N–H and O–H groups in total. The van der Waals surface area contributed by atoms with E-state index in [1.54, 1.807) is 0 Å². The fourth-order valence-electron chi connectivity index (χ4n) is 10.6. The molecule has 0 amide bonds. The van der Waals surface area contributed by atoms with Crippen LogP contribution in [0.5, 0.6) is 0 Å². The molecule has 0 saturated heterocycles. The Balaban J connectivity index is 1.24. The molecule has 6 rings (SSSR count). The van der Waals surface area contributed by atoms with Gasteiger partial charge in [-0.3, -0.25) is 4.79 Å². The first kappa shape index (κ1) is 31.8. The number of carbonyl (C=O) groups is 3. The molecule has 0 bridgehead atoms. The fraction of sp³-hybridized carbons (Fsp3) is 0.615. The number of ether oxygens (including phenoxy) is 3. The molecule has 4 aliphatic carbocycles. The van der Waals surface area contributed by atoms with Crippen molar-refractivity contribution in [2.45, 2.75) is 97.2 Å². The predicted molar refractivity (Wildman–Crippen MR) is 172 cm³/mol. The Kier molecular flexibility index (Phi) is 9.14. The third-order valence-corrected chi connectivity index (χ3v) is 13.0. The normalized spacial score (nSPS) is 36.0. The Morgan fingerprint density at radius 2 is 1.44 bits per heavy atom. The van der Waals surface area contributed by atoms with Gasteiger partial charge in [0, 0.05) is 11.8 Å². The van der Waals surface area contributed by atoms with E-state index in [2.05, 4.69) is 20.8 Å². The predicted octanol–water partition coefficient (Wildman–Crippen LogP) is 8.30. The first-order valence-corrected chi connectivity index (χ1v) is 17.2. The van der Waals surface area contributed by atoms with Gasteiger partial charge in [-0.1, -0.05) is 57.2 Å². The lowest BCUT2D eigenvalue weighted by Crippen LogP contribution is -2.59. The van der Waals surface area contributed by atoms with Crippen LogP contribution in [0.2, 0.25) is 0 Å². The lowest BCUT2D eigenvalue weighted by Gasteiger charge is -2.62. The van der Waals surface area contributed by atoms with E-state index in [-0.39, 0.29) is 40.9 Å². The van der Waals surface area contributed by atoms with Crippen LogP contribution in [0.1, 0.15) is 106 Å². The molecule has 4 aliphatic rings. The lowest BCUT2D eigenvalue weighted by molar-refractivity contribution is -0.176. The monoisotopic (exact) mass is 614 g/mol. The molecular weight excluding hydrogens is 564 g/mol. The van der Waals surface area contributed by atoms with Crippen molar-refractivity contribution < 1.29 is 28.6 Å². The average molecular weight is 615 g/mol. The van der Waals surface area contributed by atoms with Crippen molar-refractivity contribution in [1.29, 1.82) is 0 Å². The maximum Gasteiger partial charge on any atom is 0.338 e. The second-order valence-corrected chi connectivity index (χ2v) is 15.0. The fourth-order valence-corrected chi connectivity index (χ4v) is 10.6. The van der Waals surface area contributed by atoms with E-state index in [1.807, 2.05) is 60.7 Å². The molecule has 2 aromatic carbocycles. The molecule has 0 heterocycles. The van der Waals surface area contributed by atoms with Crippen LogP contribution in [0.4, 0.5) is 0 Å². The number of benzene rings is 2. The van der Waals surface area contributed by atoms with Crippen LogP contribution in [0.25, 0.3) is 0 Å². The zero-order chi connectivity index (χ0) is 31.8. The van der Waals surface area contributed by atoms with Crippen molar-refractivity contribution in [1.82, 2.24) is 0 Å². The van der Waals surface area contributed by atoms with Gasteiger partial charge >= 0.3 is 17.9 Å². The second-order valence-electron chi connectivity index (χ2n) is 15.0. The van der Waals surface area contributed by atoms with Gasteiger partial charge in [0.15, 0.2) is 0 Å². The summed E-state index contributed by atoms with van der Waals surface area (Å²) in [6.07, 6.45) is 9.21. The van der Waals surface area contributed by atoms with Crippen LogP contribution in [-0.4, -0.2) is 37.2 Å². The van der Waals surface area contributed by atoms with Gasteiger partial charge < -0.3 is 14.2 Å². The van der Waals surface area contributed by atoms with E-state index < -0.39 is 0 Å². The van der Waals surface area contributed by atoms with E-state index in [0.717, 1.165) is 51.4 Å². The molecule has 4 saturated carbocycles. The van der Waals surface area contributed by atoms with Crippen molar-refractivity contribution in [2.75, 3.05) is 7.11 Å². The van der Waals surface area contributed by atoms with Crippen molar-refractivity contribution >= 4 is 17.9 Å². The Bertz CT molecular complexity index is 1360. The Morgan fingerprint density at radius 3 is 2.09 bits per heavy atom. The SMILES string of the molecule is COC(=O)CC[C@H](C)[C@@H]1CC[C@@H]2[C@@H]3CC[C@@H]4C[C@H](OC(=O)c5ccccc5)CC[C@]4(C)[C@@H]3C[C@H](OC(=O)c3ccccc3)[C@@]21C. The standard InChI is InChI=1S/C39H50O6/c1-25(15-20-35(40)43-4)31-18-19-32-30-17-16-28-23-29(44-36(41)26-11-7-5-8-12-26)21-22-38(28,2)33(30)24-34(39(31,32)3)45-37(42)27-13-9-6-10-14-27/h5-14,25,28-34H,15-24H2,1-4H3/t25-,28+,29+,30-,31-,32+,33+,34-,38-,39+/m0/s1. The highest BCUT2D eigenvalue weighted by Crippen LogP contribution is 2.69.